The second-order valence-corrected chi connectivity index (χ2v) is 5.15. The highest BCUT2D eigenvalue weighted by Crippen LogP contribution is 2.33. The fourth-order valence-corrected chi connectivity index (χ4v) is 2.58. The highest BCUT2D eigenvalue weighted by molar-refractivity contribution is 6.66. The van der Waals surface area contributed by atoms with Gasteiger partial charge in [0.05, 0.1) is 0 Å². The topological polar surface area (TPSA) is 51.2 Å². The minimum absolute atomic E-state index is 0.170. The number of carbonyl (C=O) groups is 3. The van der Waals surface area contributed by atoms with Gasteiger partial charge in [-0.1, -0.05) is 55.6 Å². The lowest BCUT2D eigenvalue weighted by molar-refractivity contribution is -0.115. The smallest absolute Gasteiger partial charge is 0.245 e. The largest absolute Gasteiger partial charge is 0.294 e. The summed E-state index contributed by atoms with van der Waals surface area (Å²) in [7, 11) is 0. The number of Topliss-reactive ketones (excluding diaryl/α,β-unsaturated/α-hetero) is 3. The molecule has 0 saturated carbocycles. The van der Waals surface area contributed by atoms with Gasteiger partial charge < -0.3 is 0 Å². The van der Waals surface area contributed by atoms with E-state index in [1.807, 2.05) is 0 Å². The first-order valence-electron chi connectivity index (χ1n) is 6.69. The number of allylic oxidation sites excluding steroid dienone is 2. The molecule has 0 atom stereocenters. The summed E-state index contributed by atoms with van der Waals surface area (Å²) in [5.74, 6) is -1.60. The Bertz CT molecular complexity index is 614. The molecule has 0 saturated heterocycles. The molecule has 0 amide bonds. The SMILES string of the molecule is CCCCCC(=O)C1=C(Cl)C(=O)C(=O)c2ccccc21. The van der Waals surface area contributed by atoms with Crippen molar-refractivity contribution >= 4 is 34.5 Å². The Balaban J connectivity index is 2.42. The fraction of sp³-hybridized carbons (Fsp3) is 0.312. The monoisotopic (exact) mass is 290 g/mol. The van der Waals surface area contributed by atoms with Gasteiger partial charge in [0.2, 0.25) is 11.6 Å². The molecular weight excluding hydrogens is 276 g/mol. The maximum atomic E-state index is 12.3. The summed E-state index contributed by atoms with van der Waals surface area (Å²) in [6.07, 6.45) is 3.06. The van der Waals surface area contributed by atoms with Crippen molar-refractivity contribution in [1.82, 2.24) is 0 Å². The quantitative estimate of drug-likeness (QED) is 0.615. The van der Waals surface area contributed by atoms with Crippen LogP contribution in [0.4, 0.5) is 0 Å². The summed E-state index contributed by atoms with van der Waals surface area (Å²) in [4.78, 5) is 36.0. The lowest BCUT2D eigenvalue weighted by Crippen LogP contribution is -2.24. The van der Waals surface area contributed by atoms with E-state index < -0.39 is 11.6 Å². The van der Waals surface area contributed by atoms with Crippen LogP contribution in [0.5, 0.6) is 0 Å². The Labute approximate surface area is 122 Å². The third-order valence-electron chi connectivity index (χ3n) is 3.35. The van der Waals surface area contributed by atoms with Gasteiger partial charge in [0.1, 0.15) is 5.03 Å². The number of rotatable bonds is 5. The molecule has 1 aliphatic carbocycles. The number of carbonyl (C=O) groups excluding carboxylic acids is 3. The van der Waals surface area contributed by atoms with E-state index in [1.165, 1.54) is 0 Å². The van der Waals surface area contributed by atoms with Gasteiger partial charge in [-0.15, -0.1) is 0 Å². The summed E-state index contributed by atoms with van der Waals surface area (Å²) >= 11 is 5.95. The molecular formula is C16H15ClO3. The Morgan fingerprint density at radius 3 is 2.35 bits per heavy atom. The van der Waals surface area contributed by atoms with Crippen molar-refractivity contribution in [3.05, 3.63) is 40.4 Å². The summed E-state index contributed by atoms with van der Waals surface area (Å²) in [5, 5.41) is -0.241. The molecule has 0 radical (unpaired) electrons. The van der Waals surface area contributed by atoms with E-state index in [-0.39, 0.29) is 22.0 Å². The first kappa shape index (κ1) is 14.7. The molecule has 2 rings (SSSR count). The molecule has 20 heavy (non-hydrogen) atoms. The third-order valence-corrected chi connectivity index (χ3v) is 3.71. The van der Waals surface area contributed by atoms with E-state index >= 15 is 0 Å². The van der Waals surface area contributed by atoms with Crippen LogP contribution in [0, 0.1) is 0 Å². The first-order valence-corrected chi connectivity index (χ1v) is 7.07. The van der Waals surface area contributed by atoms with Crippen molar-refractivity contribution in [2.45, 2.75) is 32.6 Å². The minimum atomic E-state index is -0.788. The highest BCUT2D eigenvalue weighted by Gasteiger charge is 2.34. The van der Waals surface area contributed by atoms with E-state index in [4.69, 9.17) is 11.6 Å². The predicted molar refractivity (Wildman–Crippen MR) is 77.7 cm³/mol. The number of benzene rings is 1. The summed E-state index contributed by atoms with van der Waals surface area (Å²) in [6.45, 7) is 2.05. The molecule has 0 bridgehead atoms. The molecule has 0 spiro atoms. The minimum Gasteiger partial charge on any atom is -0.294 e. The second-order valence-electron chi connectivity index (χ2n) is 4.77. The molecule has 4 heteroatoms. The van der Waals surface area contributed by atoms with Crippen LogP contribution < -0.4 is 0 Å². The Hall–Kier alpha value is -1.74. The maximum absolute atomic E-state index is 12.3. The normalized spacial score (nSPS) is 14.5. The number of unbranched alkanes of at least 4 members (excludes halogenated alkanes) is 2. The van der Waals surface area contributed by atoms with Crippen molar-refractivity contribution in [3.8, 4) is 0 Å². The highest BCUT2D eigenvalue weighted by atomic mass is 35.5. The van der Waals surface area contributed by atoms with Crippen LogP contribution in [0.2, 0.25) is 0 Å². The number of ketones is 3. The molecule has 104 valence electrons. The summed E-state index contributed by atoms with van der Waals surface area (Å²) < 4.78 is 0. The van der Waals surface area contributed by atoms with Crippen molar-refractivity contribution in [2.24, 2.45) is 0 Å². The average molecular weight is 291 g/mol. The number of hydrogen-bond acceptors (Lipinski definition) is 3. The van der Waals surface area contributed by atoms with Crippen LogP contribution in [0.3, 0.4) is 0 Å². The van der Waals surface area contributed by atoms with Crippen LogP contribution in [0.15, 0.2) is 29.3 Å². The Morgan fingerprint density at radius 2 is 1.70 bits per heavy atom. The molecule has 0 N–H and O–H groups in total. The Kier molecular flexibility index (Phi) is 4.50. The van der Waals surface area contributed by atoms with E-state index in [1.54, 1.807) is 24.3 Å². The summed E-state index contributed by atoms with van der Waals surface area (Å²) in [6, 6.07) is 6.61. The predicted octanol–water partition coefficient (Wildman–Crippen LogP) is 3.55. The first-order chi connectivity index (χ1) is 9.57. The molecule has 1 aromatic carbocycles. The average Bonchev–Trinajstić information content (AvgIpc) is 2.45. The van der Waals surface area contributed by atoms with E-state index in [9.17, 15) is 14.4 Å². The fourth-order valence-electron chi connectivity index (χ4n) is 2.29. The van der Waals surface area contributed by atoms with Crippen molar-refractivity contribution in [1.29, 1.82) is 0 Å². The van der Waals surface area contributed by atoms with Gasteiger partial charge in [0.25, 0.3) is 0 Å². The standard InChI is InChI=1S/C16H15ClO3/c1-2-3-4-9-12(18)13-10-7-5-6-8-11(10)15(19)16(20)14(13)17/h5-8H,2-4,9H2,1H3. The van der Waals surface area contributed by atoms with Crippen LogP contribution in [0.1, 0.15) is 48.5 Å². The lowest BCUT2D eigenvalue weighted by Gasteiger charge is -2.17. The van der Waals surface area contributed by atoms with E-state index in [0.29, 0.717) is 12.0 Å². The lowest BCUT2D eigenvalue weighted by atomic mass is 9.86. The second kappa shape index (κ2) is 6.14. The number of fused-ring (bicyclic) bond motifs is 1. The van der Waals surface area contributed by atoms with E-state index in [2.05, 4.69) is 6.92 Å². The van der Waals surface area contributed by atoms with Gasteiger partial charge in [-0.2, -0.15) is 0 Å². The van der Waals surface area contributed by atoms with Crippen LogP contribution in [-0.4, -0.2) is 17.3 Å². The zero-order valence-electron chi connectivity index (χ0n) is 11.2. The molecule has 0 aliphatic heterocycles. The van der Waals surface area contributed by atoms with Crippen molar-refractivity contribution in [2.75, 3.05) is 0 Å². The molecule has 0 unspecified atom stereocenters. The van der Waals surface area contributed by atoms with Gasteiger partial charge >= 0.3 is 0 Å². The third kappa shape index (κ3) is 2.59. The van der Waals surface area contributed by atoms with Gasteiger partial charge in [-0.05, 0) is 12.0 Å². The van der Waals surface area contributed by atoms with Crippen LogP contribution in [-0.2, 0) is 9.59 Å². The van der Waals surface area contributed by atoms with Crippen LogP contribution >= 0.6 is 11.6 Å². The zero-order chi connectivity index (χ0) is 14.7. The molecule has 0 aromatic heterocycles. The molecule has 0 heterocycles. The number of hydrogen-bond donors (Lipinski definition) is 0. The molecule has 0 fully saturated rings. The Morgan fingerprint density at radius 1 is 1.05 bits per heavy atom. The molecule has 1 aromatic rings. The van der Waals surface area contributed by atoms with Crippen molar-refractivity contribution in [3.63, 3.8) is 0 Å². The number of halogens is 1. The van der Waals surface area contributed by atoms with E-state index in [0.717, 1.165) is 19.3 Å². The van der Waals surface area contributed by atoms with Gasteiger partial charge in [-0.3, -0.25) is 14.4 Å². The van der Waals surface area contributed by atoms with Crippen LogP contribution in [0.25, 0.3) is 5.57 Å². The maximum Gasteiger partial charge on any atom is 0.245 e. The van der Waals surface area contributed by atoms with Crippen molar-refractivity contribution < 1.29 is 14.4 Å². The zero-order valence-corrected chi connectivity index (χ0v) is 12.0. The molecule has 3 nitrogen and oxygen atoms in total. The van der Waals surface area contributed by atoms with Gasteiger partial charge in [0, 0.05) is 17.6 Å². The summed E-state index contributed by atoms with van der Waals surface area (Å²) in [5.41, 5.74) is 0.937. The van der Waals surface area contributed by atoms with Gasteiger partial charge in [0.15, 0.2) is 5.78 Å². The molecule has 1 aliphatic rings. The van der Waals surface area contributed by atoms with Gasteiger partial charge in [-0.25, -0.2) is 0 Å².